The summed E-state index contributed by atoms with van der Waals surface area (Å²) in [5.74, 6) is -0.910. The Kier molecular flexibility index (Phi) is 5.97. The molecule has 11 nitrogen and oxygen atoms in total. The van der Waals surface area contributed by atoms with Crippen LogP contribution in [0.25, 0.3) is 11.2 Å². The molecule has 0 bridgehead atoms. The number of hydrogen-bond acceptors (Lipinski definition) is 10. The number of aromatic nitrogens is 4. The van der Waals surface area contributed by atoms with Gasteiger partial charge in [-0.05, 0) is 34.6 Å². The van der Waals surface area contributed by atoms with Crippen molar-refractivity contribution in [2.24, 2.45) is 0 Å². The minimum atomic E-state index is -3.37. The van der Waals surface area contributed by atoms with Crippen LogP contribution in [0.2, 0.25) is 0 Å². The first kappa shape index (κ1) is 22.7. The van der Waals surface area contributed by atoms with Gasteiger partial charge < -0.3 is 28.0 Å². The Hall–Kier alpha value is -1.46. The predicted octanol–water partition coefficient (Wildman–Crippen LogP) is 2.71. The molecule has 0 spiro atoms. The van der Waals surface area contributed by atoms with Gasteiger partial charge in [0.05, 0.1) is 18.6 Å². The van der Waals surface area contributed by atoms with Crippen LogP contribution in [-0.2, 0) is 32.6 Å². The summed E-state index contributed by atoms with van der Waals surface area (Å²) in [6.07, 6.45) is -0.103. The van der Waals surface area contributed by atoms with Gasteiger partial charge >= 0.3 is 7.60 Å². The summed E-state index contributed by atoms with van der Waals surface area (Å²) in [7, 11) is -0.715. The molecule has 4 heterocycles. The average Bonchev–Trinajstić information content (AvgIpc) is 3.36. The van der Waals surface area contributed by atoms with Gasteiger partial charge in [0, 0.05) is 14.2 Å². The first-order chi connectivity index (χ1) is 14.6. The predicted molar refractivity (Wildman–Crippen MR) is 110 cm³/mol. The molecule has 31 heavy (non-hydrogen) atoms. The van der Waals surface area contributed by atoms with Crippen molar-refractivity contribution >= 4 is 18.8 Å². The van der Waals surface area contributed by atoms with E-state index in [2.05, 4.69) is 15.0 Å². The van der Waals surface area contributed by atoms with Crippen LogP contribution in [-0.4, -0.2) is 70.3 Å². The number of nitrogens with zero attached hydrogens (tertiary/aromatic N) is 4. The third-order valence-corrected chi connectivity index (χ3v) is 7.62. The van der Waals surface area contributed by atoms with E-state index in [0.717, 1.165) is 5.69 Å². The van der Waals surface area contributed by atoms with Crippen LogP contribution in [0.1, 0.15) is 38.5 Å². The maximum atomic E-state index is 12.6. The highest BCUT2D eigenvalue weighted by molar-refractivity contribution is 7.54. The van der Waals surface area contributed by atoms with Crippen molar-refractivity contribution in [3.8, 4) is 0 Å². The first-order valence-electron chi connectivity index (χ1n) is 10.1. The molecule has 2 aromatic heterocycles. The summed E-state index contributed by atoms with van der Waals surface area (Å²) in [5.41, 5.74) is 2.17. The number of ether oxygens (including phenoxy) is 4. The Morgan fingerprint density at radius 2 is 1.87 bits per heavy atom. The Morgan fingerprint density at radius 1 is 1.19 bits per heavy atom. The Bertz CT molecular complexity index is 1000. The van der Waals surface area contributed by atoms with Crippen LogP contribution < -0.4 is 0 Å². The molecule has 12 heteroatoms. The highest BCUT2D eigenvalue weighted by Crippen LogP contribution is 2.52. The summed E-state index contributed by atoms with van der Waals surface area (Å²) in [4.78, 5) is 13.4. The highest BCUT2D eigenvalue weighted by atomic mass is 31.2. The smallest absolute Gasteiger partial charge is 0.358 e. The van der Waals surface area contributed by atoms with Crippen LogP contribution >= 0.6 is 7.60 Å². The van der Waals surface area contributed by atoms with Gasteiger partial charge in [-0.3, -0.25) is 9.13 Å². The second-order valence-electron chi connectivity index (χ2n) is 8.15. The molecule has 4 rings (SSSR count). The summed E-state index contributed by atoms with van der Waals surface area (Å²) in [6, 6.07) is 0. The molecule has 1 unspecified atom stereocenters. The zero-order valence-corrected chi connectivity index (χ0v) is 19.7. The van der Waals surface area contributed by atoms with Crippen LogP contribution in [0.4, 0.5) is 0 Å². The summed E-state index contributed by atoms with van der Waals surface area (Å²) < 4.78 is 48.8. The molecular weight excluding hydrogens is 427 g/mol. The van der Waals surface area contributed by atoms with Gasteiger partial charge in [-0.2, -0.15) is 0 Å². The van der Waals surface area contributed by atoms with E-state index in [4.69, 9.17) is 28.0 Å². The summed E-state index contributed by atoms with van der Waals surface area (Å²) in [6.45, 7) is 9.20. The topological polar surface area (TPSA) is 116 Å². The van der Waals surface area contributed by atoms with Gasteiger partial charge in [-0.15, -0.1) is 0 Å². The van der Waals surface area contributed by atoms with E-state index in [1.807, 2.05) is 32.3 Å². The SMILES string of the molecule is COP(=O)(OC)C(C)OC[C@H]1O[C@@H](n2cnc3c(C)nc(C)nc32)[C@@H]2OC(C)(C)O[C@@H]21. The van der Waals surface area contributed by atoms with Crippen molar-refractivity contribution in [2.75, 3.05) is 20.8 Å². The van der Waals surface area contributed by atoms with E-state index in [1.165, 1.54) is 14.2 Å². The maximum absolute atomic E-state index is 12.6. The number of aryl methyl sites for hydroxylation is 2. The van der Waals surface area contributed by atoms with Crippen LogP contribution in [0.3, 0.4) is 0 Å². The average molecular weight is 456 g/mol. The molecule has 172 valence electrons. The minimum Gasteiger partial charge on any atom is -0.363 e. The Labute approximate surface area is 180 Å². The van der Waals surface area contributed by atoms with Crippen molar-refractivity contribution in [1.82, 2.24) is 19.5 Å². The van der Waals surface area contributed by atoms with Gasteiger partial charge in [0.25, 0.3) is 0 Å². The Morgan fingerprint density at radius 3 is 2.55 bits per heavy atom. The maximum Gasteiger partial charge on any atom is 0.358 e. The quantitative estimate of drug-likeness (QED) is 0.576. The third kappa shape index (κ3) is 4.04. The molecule has 2 fully saturated rings. The van der Waals surface area contributed by atoms with E-state index in [9.17, 15) is 4.57 Å². The third-order valence-electron chi connectivity index (χ3n) is 5.56. The van der Waals surface area contributed by atoms with E-state index >= 15 is 0 Å². The second-order valence-corrected chi connectivity index (χ2v) is 10.7. The van der Waals surface area contributed by atoms with Gasteiger partial charge in [-0.25, -0.2) is 15.0 Å². The van der Waals surface area contributed by atoms with Crippen molar-refractivity contribution in [2.45, 2.75) is 70.8 Å². The number of hydrogen-bond donors (Lipinski definition) is 0. The highest BCUT2D eigenvalue weighted by Gasteiger charge is 2.56. The van der Waals surface area contributed by atoms with Crippen LogP contribution in [0, 0.1) is 13.8 Å². The molecule has 0 saturated carbocycles. The lowest BCUT2D eigenvalue weighted by atomic mass is 10.1. The molecule has 2 aromatic rings. The molecule has 0 amide bonds. The first-order valence-corrected chi connectivity index (χ1v) is 11.7. The normalized spacial score (nSPS) is 28.9. The molecular formula is C19H29N4O7P. The zero-order valence-electron chi connectivity index (χ0n) is 18.8. The minimum absolute atomic E-state index is 0.120. The molecule has 2 aliphatic rings. The molecule has 2 saturated heterocycles. The molecule has 0 N–H and O–H groups in total. The van der Waals surface area contributed by atoms with Crippen molar-refractivity contribution < 1.29 is 32.6 Å². The van der Waals surface area contributed by atoms with E-state index < -0.39 is 43.8 Å². The zero-order chi connectivity index (χ0) is 22.6. The van der Waals surface area contributed by atoms with Crippen molar-refractivity contribution in [1.29, 1.82) is 0 Å². The molecule has 0 aliphatic carbocycles. The van der Waals surface area contributed by atoms with Crippen molar-refractivity contribution in [3.05, 3.63) is 17.8 Å². The fourth-order valence-electron chi connectivity index (χ4n) is 4.09. The fraction of sp³-hybridized carbons (Fsp3) is 0.737. The van der Waals surface area contributed by atoms with Crippen LogP contribution in [0.5, 0.6) is 0 Å². The molecule has 5 atom stereocenters. The second kappa shape index (κ2) is 8.15. The standard InChI is InChI=1S/C19H29N4O7P/c1-10-14-17(22-11(2)21-10)23(9-20-14)18-16-15(29-19(4,5)30-16)13(28-18)8-27-12(3)31(24,25-6)26-7/h9,12-13,15-16,18H,8H2,1-7H3/t12?,13-,15-,16-,18-/m1/s1. The van der Waals surface area contributed by atoms with Gasteiger partial charge in [-0.1, -0.05) is 0 Å². The van der Waals surface area contributed by atoms with E-state index in [0.29, 0.717) is 17.0 Å². The molecule has 0 radical (unpaired) electrons. The fourth-order valence-corrected chi connectivity index (χ4v) is 5.11. The van der Waals surface area contributed by atoms with E-state index in [-0.39, 0.29) is 6.61 Å². The lowest BCUT2D eigenvalue weighted by Gasteiger charge is -2.26. The van der Waals surface area contributed by atoms with Gasteiger partial charge in [0.15, 0.2) is 23.5 Å². The molecule has 0 aromatic carbocycles. The lowest BCUT2D eigenvalue weighted by Crippen LogP contribution is -2.34. The van der Waals surface area contributed by atoms with Crippen molar-refractivity contribution in [3.63, 3.8) is 0 Å². The number of rotatable bonds is 7. The van der Waals surface area contributed by atoms with Gasteiger partial charge in [0.1, 0.15) is 29.7 Å². The van der Waals surface area contributed by atoms with Gasteiger partial charge in [0.2, 0.25) is 0 Å². The summed E-state index contributed by atoms with van der Waals surface area (Å²) >= 11 is 0. The largest absolute Gasteiger partial charge is 0.363 e. The Balaban J connectivity index is 1.60. The number of fused-ring (bicyclic) bond motifs is 2. The summed E-state index contributed by atoms with van der Waals surface area (Å²) in [5, 5.41) is 0. The molecule has 2 aliphatic heterocycles. The number of imidazole rings is 1. The monoisotopic (exact) mass is 456 g/mol. The van der Waals surface area contributed by atoms with E-state index in [1.54, 1.807) is 13.3 Å². The lowest BCUT2D eigenvalue weighted by molar-refractivity contribution is -0.202. The van der Waals surface area contributed by atoms with Crippen LogP contribution in [0.15, 0.2) is 6.33 Å².